The van der Waals surface area contributed by atoms with Crippen LogP contribution in [-0.2, 0) is 0 Å². The van der Waals surface area contributed by atoms with E-state index in [2.05, 4.69) is 32.5 Å². The van der Waals surface area contributed by atoms with Crippen molar-refractivity contribution in [1.82, 2.24) is 9.97 Å². The van der Waals surface area contributed by atoms with Crippen molar-refractivity contribution in [3.63, 3.8) is 0 Å². The zero-order valence-electron chi connectivity index (χ0n) is 16.1. The molecule has 0 atom stereocenters. The molecule has 1 heterocycles. The summed E-state index contributed by atoms with van der Waals surface area (Å²) in [5, 5.41) is 0.0349. The van der Waals surface area contributed by atoms with Crippen LogP contribution in [-0.4, -0.2) is 16.6 Å². The minimum atomic E-state index is -0.466. The van der Waals surface area contributed by atoms with Gasteiger partial charge in [-0.05, 0) is 43.0 Å². The molecule has 0 aliphatic heterocycles. The summed E-state index contributed by atoms with van der Waals surface area (Å²) < 4.78 is 6.82. The Morgan fingerprint density at radius 3 is 2.54 bits per heavy atom. The van der Waals surface area contributed by atoms with Gasteiger partial charge in [-0.2, -0.15) is 0 Å². The first-order valence-corrected chi connectivity index (χ1v) is 10.8. The average Bonchev–Trinajstić information content (AvgIpc) is 2.66. The minimum Gasteiger partial charge on any atom is -0.493 e. The van der Waals surface area contributed by atoms with Crippen LogP contribution in [0, 0.1) is 5.92 Å². The highest BCUT2D eigenvalue weighted by molar-refractivity contribution is 9.10. The highest BCUT2D eigenvalue weighted by Crippen LogP contribution is 2.28. The Balaban J connectivity index is 1.68. The molecule has 0 saturated heterocycles. The molecule has 1 saturated carbocycles. The van der Waals surface area contributed by atoms with Gasteiger partial charge in [-0.3, -0.25) is 9.59 Å². The van der Waals surface area contributed by atoms with Gasteiger partial charge in [-0.25, -0.2) is 0 Å². The Morgan fingerprint density at radius 1 is 1.11 bits per heavy atom. The highest BCUT2D eigenvalue weighted by atomic mass is 79.9. The molecule has 1 aromatic carbocycles. The zero-order valence-corrected chi connectivity index (χ0v) is 17.6. The molecule has 150 valence electrons. The molecule has 1 aliphatic carbocycles. The Labute approximate surface area is 172 Å². The van der Waals surface area contributed by atoms with E-state index in [1.807, 2.05) is 18.2 Å². The Kier molecular flexibility index (Phi) is 7.31. The van der Waals surface area contributed by atoms with Crippen LogP contribution in [0.25, 0.3) is 12.7 Å². The first-order chi connectivity index (χ1) is 13.5. The topological polar surface area (TPSA) is 75.0 Å². The molecule has 6 heteroatoms. The number of rotatable bonds is 7. The second-order valence-electron chi connectivity index (χ2n) is 7.48. The van der Waals surface area contributed by atoms with Gasteiger partial charge in [-0.1, -0.05) is 61.0 Å². The predicted molar refractivity (Wildman–Crippen MR) is 116 cm³/mol. The van der Waals surface area contributed by atoms with E-state index < -0.39 is 11.1 Å². The maximum Gasteiger partial charge on any atom is 0.262 e. The fourth-order valence-corrected chi connectivity index (χ4v) is 4.17. The number of hydrogen-bond acceptors (Lipinski definition) is 3. The summed E-state index contributed by atoms with van der Waals surface area (Å²) in [5.41, 5.74) is -0.0513. The predicted octanol–water partition coefficient (Wildman–Crippen LogP) is 3.19. The third kappa shape index (κ3) is 5.71. The summed E-state index contributed by atoms with van der Waals surface area (Å²) in [6.45, 7) is 4.18. The minimum absolute atomic E-state index is 0.0349. The number of aromatic amines is 2. The first kappa shape index (κ1) is 20.6. The summed E-state index contributed by atoms with van der Waals surface area (Å²) in [6.07, 6.45) is 11.9. The van der Waals surface area contributed by atoms with E-state index >= 15 is 0 Å². The van der Waals surface area contributed by atoms with Gasteiger partial charge in [0.05, 0.1) is 6.61 Å². The third-order valence-electron chi connectivity index (χ3n) is 5.28. The van der Waals surface area contributed by atoms with Crippen molar-refractivity contribution < 1.29 is 4.74 Å². The van der Waals surface area contributed by atoms with E-state index in [4.69, 9.17) is 4.74 Å². The standard InChI is InChI=1S/C22H27BrN2O3/c1-15-24-21(26)19(22(27)25-15)14-17-13-18(23)10-11-20(17)28-12-6-5-9-16-7-3-2-4-8-16/h10-11,13-14,16H,1-9,12H2,(H,24,26)(H,25,27). The summed E-state index contributed by atoms with van der Waals surface area (Å²) in [4.78, 5) is 29.3. The summed E-state index contributed by atoms with van der Waals surface area (Å²) in [5.74, 6) is 1.55. The number of unbranched alkanes of at least 4 members (excludes halogenated alkanes) is 1. The maximum atomic E-state index is 12.1. The van der Waals surface area contributed by atoms with Crippen LogP contribution in [0.2, 0.25) is 0 Å². The van der Waals surface area contributed by atoms with Crippen molar-refractivity contribution in [3.05, 3.63) is 59.6 Å². The number of halogens is 1. The van der Waals surface area contributed by atoms with Crippen LogP contribution >= 0.6 is 15.9 Å². The average molecular weight is 447 g/mol. The third-order valence-corrected chi connectivity index (χ3v) is 5.77. The molecule has 5 nitrogen and oxygen atoms in total. The normalized spacial score (nSPS) is 14.8. The summed E-state index contributed by atoms with van der Waals surface area (Å²) in [6, 6.07) is 5.59. The van der Waals surface area contributed by atoms with Crippen LogP contribution in [0.5, 0.6) is 5.75 Å². The van der Waals surface area contributed by atoms with Gasteiger partial charge >= 0.3 is 0 Å². The SMILES string of the molecule is C=c1[nH]c(=O)c(=Cc2cc(Br)ccc2OCCCCC2CCCCC2)c(=O)[nH]1. The fraction of sp³-hybridized carbons (Fsp3) is 0.455. The molecule has 1 aromatic heterocycles. The lowest BCUT2D eigenvalue weighted by atomic mass is 9.86. The van der Waals surface area contributed by atoms with Gasteiger partial charge in [0.25, 0.3) is 11.1 Å². The molecule has 0 radical (unpaired) electrons. The monoisotopic (exact) mass is 446 g/mol. The number of hydrogen-bond donors (Lipinski definition) is 2. The molecule has 2 aromatic rings. The van der Waals surface area contributed by atoms with Gasteiger partial charge < -0.3 is 14.7 Å². The number of aromatic nitrogens is 2. The molecule has 1 fully saturated rings. The second kappa shape index (κ2) is 9.92. The molecule has 1 aliphatic rings. The lowest BCUT2D eigenvalue weighted by Crippen LogP contribution is -2.47. The molecule has 3 rings (SSSR count). The molecule has 0 unspecified atom stereocenters. The van der Waals surface area contributed by atoms with Gasteiger partial charge in [-0.15, -0.1) is 0 Å². The smallest absolute Gasteiger partial charge is 0.262 e. The molecular formula is C22H27BrN2O3. The van der Waals surface area contributed by atoms with E-state index in [1.165, 1.54) is 44.9 Å². The molecule has 0 spiro atoms. The van der Waals surface area contributed by atoms with Gasteiger partial charge in [0.15, 0.2) is 0 Å². The lowest BCUT2D eigenvalue weighted by Gasteiger charge is -2.21. The summed E-state index contributed by atoms with van der Waals surface area (Å²) in [7, 11) is 0. The Bertz CT molecular complexity index is 982. The van der Waals surface area contributed by atoms with Crippen LogP contribution in [0.4, 0.5) is 0 Å². The highest BCUT2D eigenvalue weighted by Gasteiger charge is 2.12. The van der Waals surface area contributed by atoms with E-state index in [0.717, 1.165) is 16.8 Å². The van der Waals surface area contributed by atoms with Gasteiger partial charge in [0.1, 0.15) is 16.4 Å². The summed E-state index contributed by atoms with van der Waals surface area (Å²) >= 11 is 3.44. The first-order valence-electron chi connectivity index (χ1n) is 9.98. The van der Waals surface area contributed by atoms with Crippen molar-refractivity contribution >= 4 is 28.6 Å². The Morgan fingerprint density at radius 2 is 1.82 bits per heavy atom. The number of nitrogens with one attached hydrogen (secondary N) is 2. The fourth-order valence-electron chi connectivity index (χ4n) is 3.79. The lowest BCUT2D eigenvalue weighted by molar-refractivity contribution is 0.283. The largest absolute Gasteiger partial charge is 0.493 e. The molecule has 28 heavy (non-hydrogen) atoms. The van der Waals surface area contributed by atoms with Crippen molar-refractivity contribution in [2.45, 2.75) is 51.4 Å². The quantitative estimate of drug-likeness (QED) is 0.641. The van der Waals surface area contributed by atoms with E-state index in [0.29, 0.717) is 17.9 Å². The van der Waals surface area contributed by atoms with E-state index in [9.17, 15) is 9.59 Å². The van der Waals surface area contributed by atoms with Crippen molar-refractivity contribution in [3.8, 4) is 5.75 Å². The van der Waals surface area contributed by atoms with Crippen LogP contribution in [0.1, 0.15) is 56.9 Å². The van der Waals surface area contributed by atoms with Crippen LogP contribution in [0.15, 0.2) is 32.3 Å². The zero-order chi connectivity index (χ0) is 19.9. The maximum absolute atomic E-state index is 12.1. The molecule has 2 N–H and O–H groups in total. The Hall–Kier alpha value is -2.08. The van der Waals surface area contributed by atoms with Gasteiger partial charge in [0, 0.05) is 10.0 Å². The number of ether oxygens (including phenoxy) is 1. The van der Waals surface area contributed by atoms with Crippen LogP contribution < -0.4 is 26.6 Å². The van der Waals surface area contributed by atoms with Gasteiger partial charge in [0.2, 0.25) is 0 Å². The number of benzene rings is 1. The van der Waals surface area contributed by atoms with Crippen molar-refractivity contribution in [2.24, 2.45) is 5.92 Å². The molecule has 0 amide bonds. The van der Waals surface area contributed by atoms with Crippen molar-refractivity contribution in [2.75, 3.05) is 6.61 Å². The second-order valence-corrected chi connectivity index (χ2v) is 8.39. The van der Waals surface area contributed by atoms with E-state index in [-0.39, 0.29) is 10.7 Å². The molecular weight excluding hydrogens is 420 g/mol. The number of H-pyrrole nitrogens is 2. The van der Waals surface area contributed by atoms with E-state index in [1.54, 1.807) is 6.08 Å². The molecule has 0 bridgehead atoms. The van der Waals surface area contributed by atoms with Crippen molar-refractivity contribution in [1.29, 1.82) is 0 Å². The van der Waals surface area contributed by atoms with Crippen LogP contribution in [0.3, 0.4) is 0 Å².